The Morgan fingerprint density at radius 2 is 0.470 bits per heavy atom. The Bertz CT molecular complexity index is 1750. The Kier molecular flexibility index (Phi) is 66.3. The van der Waals surface area contributed by atoms with E-state index in [1.165, 1.54) is 141 Å². The first-order chi connectivity index (χ1) is 41.0. The molecule has 0 amide bonds. The van der Waals surface area contributed by atoms with E-state index in [1.807, 2.05) is 0 Å². The van der Waals surface area contributed by atoms with Crippen molar-refractivity contribution >= 4 is 17.9 Å². The van der Waals surface area contributed by atoms with E-state index in [1.54, 1.807) is 0 Å². The lowest BCUT2D eigenvalue weighted by Crippen LogP contribution is -2.30. The monoisotopic (exact) mass is 1150 g/mol. The Morgan fingerprint density at radius 1 is 0.253 bits per heavy atom. The summed E-state index contributed by atoms with van der Waals surface area (Å²) in [6, 6.07) is 0. The van der Waals surface area contributed by atoms with Gasteiger partial charge < -0.3 is 14.2 Å². The minimum absolute atomic E-state index is 0.0815. The van der Waals surface area contributed by atoms with E-state index in [9.17, 15) is 14.4 Å². The second kappa shape index (κ2) is 70.0. The number of carbonyl (C=O) groups excluding carboxylic acids is 3. The molecular formula is C77H128O6. The second-order valence-corrected chi connectivity index (χ2v) is 22.7. The number of ether oxygens (including phenoxy) is 3. The lowest BCUT2D eigenvalue weighted by molar-refractivity contribution is -0.167. The molecule has 0 aromatic heterocycles. The van der Waals surface area contributed by atoms with Crippen molar-refractivity contribution in [1.82, 2.24) is 0 Å². The molecule has 0 spiro atoms. The van der Waals surface area contributed by atoms with E-state index in [2.05, 4.69) is 154 Å². The van der Waals surface area contributed by atoms with E-state index >= 15 is 0 Å². The van der Waals surface area contributed by atoms with Gasteiger partial charge in [-0.15, -0.1) is 0 Å². The lowest BCUT2D eigenvalue weighted by Gasteiger charge is -2.18. The molecule has 1 atom stereocenters. The summed E-state index contributed by atoms with van der Waals surface area (Å²) in [4.78, 5) is 38.2. The van der Waals surface area contributed by atoms with Crippen LogP contribution in [-0.2, 0) is 28.6 Å². The van der Waals surface area contributed by atoms with Gasteiger partial charge in [0, 0.05) is 19.3 Å². The van der Waals surface area contributed by atoms with Crippen LogP contribution in [0.25, 0.3) is 0 Å². The summed E-state index contributed by atoms with van der Waals surface area (Å²) in [5.41, 5.74) is 0. The van der Waals surface area contributed by atoms with Crippen LogP contribution in [-0.4, -0.2) is 37.2 Å². The van der Waals surface area contributed by atoms with Crippen LogP contribution >= 0.6 is 0 Å². The molecular weight excluding hydrogens is 1020 g/mol. The number of unbranched alkanes of at least 4 members (excludes halogenated alkanes) is 29. The van der Waals surface area contributed by atoms with Gasteiger partial charge in [-0.05, 0) is 116 Å². The topological polar surface area (TPSA) is 78.9 Å². The number of hydrogen-bond donors (Lipinski definition) is 0. The highest BCUT2D eigenvalue weighted by atomic mass is 16.6. The Balaban J connectivity index is 4.13. The van der Waals surface area contributed by atoms with E-state index in [4.69, 9.17) is 14.2 Å². The highest BCUT2D eigenvalue weighted by Gasteiger charge is 2.19. The zero-order valence-corrected chi connectivity index (χ0v) is 54.2. The van der Waals surface area contributed by atoms with Gasteiger partial charge in [-0.25, -0.2) is 0 Å². The molecule has 0 aromatic rings. The van der Waals surface area contributed by atoms with Crippen molar-refractivity contribution in [1.29, 1.82) is 0 Å². The fraction of sp³-hybridized carbons (Fsp3) is 0.675. The van der Waals surface area contributed by atoms with Gasteiger partial charge in [0.1, 0.15) is 13.2 Å². The molecule has 6 nitrogen and oxygen atoms in total. The number of carbonyl (C=O) groups is 3. The molecule has 0 aliphatic heterocycles. The maximum atomic E-state index is 12.9. The average molecular weight is 1150 g/mol. The smallest absolute Gasteiger partial charge is 0.306 e. The van der Waals surface area contributed by atoms with Crippen LogP contribution in [0.5, 0.6) is 0 Å². The largest absolute Gasteiger partial charge is 0.462 e. The fourth-order valence-electron chi connectivity index (χ4n) is 9.53. The summed E-state index contributed by atoms with van der Waals surface area (Å²) in [7, 11) is 0. The standard InChI is InChI=1S/C77H128O6/c1-4-7-10-13-16-18-20-22-24-26-28-30-32-34-36-38-40-42-44-46-48-50-52-54-56-58-61-64-67-70-76(79)82-73-74(72-81-75(78)69-66-63-60-15-12-9-6-3)83-77(80)71-68-65-62-59-57-55-53-51-49-47-45-43-41-39-37-35-33-31-29-27-25-23-21-19-17-14-11-8-5-2/h7-8,10-11,16-19,22-25,28-31,34,36,40,42,46,48,74H,4-6,9,12-15,20-21,26-27,32-33,35,37-39,41,43-45,47,49-73H2,1-3H3/b10-7-,11-8-,18-16-,19-17-,24-22-,25-23-,30-28-,31-29-,36-34-,42-40-,48-46-. The van der Waals surface area contributed by atoms with Crippen LogP contribution in [0, 0.1) is 0 Å². The van der Waals surface area contributed by atoms with Crippen molar-refractivity contribution in [2.45, 2.75) is 322 Å². The molecule has 0 saturated carbocycles. The maximum Gasteiger partial charge on any atom is 0.306 e. The first-order valence-corrected chi connectivity index (χ1v) is 34.7. The molecule has 0 heterocycles. The maximum absolute atomic E-state index is 12.9. The van der Waals surface area contributed by atoms with Gasteiger partial charge in [-0.3, -0.25) is 14.4 Å². The van der Waals surface area contributed by atoms with Crippen LogP contribution in [0.2, 0.25) is 0 Å². The van der Waals surface area contributed by atoms with Gasteiger partial charge in [-0.1, -0.05) is 315 Å². The third kappa shape index (κ3) is 68.2. The molecule has 83 heavy (non-hydrogen) atoms. The average Bonchev–Trinajstić information content (AvgIpc) is 3.49. The number of rotatable bonds is 62. The molecule has 0 aliphatic carbocycles. The molecule has 0 radical (unpaired) electrons. The van der Waals surface area contributed by atoms with Gasteiger partial charge in [0.05, 0.1) is 0 Å². The van der Waals surface area contributed by atoms with Gasteiger partial charge in [0.15, 0.2) is 6.10 Å². The van der Waals surface area contributed by atoms with Crippen molar-refractivity contribution in [3.05, 3.63) is 134 Å². The Morgan fingerprint density at radius 3 is 0.735 bits per heavy atom. The summed E-state index contributed by atoms with van der Waals surface area (Å²) < 4.78 is 16.9. The highest BCUT2D eigenvalue weighted by molar-refractivity contribution is 5.71. The highest BCUT2D eigenvalue weighted by Crippen LogP contribution is 2.17. The number of allylic oxidation sites excluding steroid dienone is 22. The first-order valence-electron chi connectivity index (χ1n) is 34.7. The van der Waals surface area contributed by atoms with Crippen molar-refractivity contribution < 1.29 is 28.6 Å². The minimum atomic E-state index is -0.784. The molecule has 0 aliphatic rings. The summed E-state index contributed by atoms with van der Waals surface area (Å²) in [5, 5.41) is 0. The summed E-state index contributed by atoms with van der Waals surface area (Å²) >= 11 is 0. The summed E-state index contributed by atoms with van der Waals surface area (Å²) in [6.07, 6.45) is 99.3. The molecule has 6 heteroatoms. The third-order valence-electron chi connectivity index (χ3n) is 14.7. The molecule has 1 unspecified atom stereocenters. The van der Waals surface area contributed by atoms with Gasteiger partial charge in [0.25, 0.3) is 0 Å². The van der Waals surface area contributed by atoms with Crippen molar-refractivity contribution in [2.24, 2.45) is 0 Å². The van der Waals surface area contributed by atoms with Crippen molar-refractivity contribution in [2.75, 3.05) is 13.2 Å². The third-order valence-corrected chi connectivity index (χ3v) is 14.7. The van der Waals surface area contributed by atoms with Gasteiger partial charge in [0.2, 0.25) is 0 Å². The van der Waals surface area contributed by atoms with Crippen LogP contribution in [0.15, 0.2) is 134 Å². The van der Waals surface area contributed by atoms with Crippen LogP contribution in [0.3, 0.4) is 0 Å². The van der Waals surface area contributed by atoms with E-state index in [-0.39, 0.29) is 31.1 Å². The van der Waals surface area contributed by atoms with Crippen LogP contribution in [0.1, 0.15) is 316 Å². The van der Waals surface area contributed by atoms with Crippen molar-refractivity contribution in [3.63, 3.8) is 0 Å². The predicted molar refractivity (Wildman–Crippen MR) is 362 cm³/mol. The quantitative estimate of drug-likeness (QED) is 0.0261. The Hall–Kier alpha value is -4.45. The normalized spacial score (nSPS) is 13.0. The molecule has 472 valence electrons. The zero-order valence-electron chi connectivity index (χ0n) is 54.2. The predicted octanol–water partition coefficient (Wildman–Crippen LogP) is 24.1. The number of hydrogen-bond acceptors (Lipinski definition) is 6. The lowest BCUT2D eigenvalue weighted by atomic mass is 10.0. The summed E-state index contributed by atoms with van der Waals surface area (Å²) in [6.45, 7) is 6.38. The van der Waals surface area contributed by atoms with Crippen LogP contribution in [0.4, 0.5) is 0 Å². The molecule has 0 fully saturated rings. The molecule has 0 N–H and O–H groups in total. The fourth-order valence-corrected chi connectivity index (χ4v) is 9.53. The SMILES string of the molecule is CC/C=C\C/C=C\C/C=C\C/C=C\C/C=C\C/C=C\C/C=C\CCCCCCCCCC(=O)OCC(COC(=O)CCCCCCCCC)OC(=O)CCCCCCCCCCCCCCCCCC/C=C\C/C=C\C/C=C\C/C=C\CC. The first kappa shape index (κ1) is 78.5. The van der Waals surface area contributed by atoms with Gasteiger partial charge >= 0.3 is 17.9 Å². The van der Waals surface area contributed by atoms with Crippen molar-refractivity contribution in [3.8, 4) is 0 Å². The zero-order chi connectivity index (χ0) is 59.9. The summed E-state index contributed by atoms with van der Waals surface area (Å²) in [5.74, 6) is -0.892. The molecule has 0 bridgehead atoms. The molecule has 0 aromatic carbocycles. The minimum Gasteiger partial charge on any atom is -0.462 e. The number of esters is 3. The van der Waals surface area contributed by atoms with E-state index in [0.717, 1.165) is 135 Å². The molecule has 0 rings (SSSR count). The Labute approximate surface area is 513 Å². The molecule has 0 saturated heterocycles. The van der Waals surface area contributed by atoms with Crippen LogP contribution < -0.4 is 0 Å². The van der Waals surface area contributed by atoms with Gasteiger partial charge in [-0.2, -0.15) is 0 Å². The van der Waals surface area contributed by atoms with E-state index < -0.39 is 6.10 Å². The second-order valence-electron chi connectivity index (χ2n) is 22.7. The van der Waals surface area contributed by atoms with E-state index in [0.29, 0.717) is 19.3 Å².